The lowest BCUT2D eigenvalue weighted by molar-refractivity contribution is -0.385. The van der Waals surface area contributed by atoms with Gasteiger partial charge in [-0.1, -0.05) is 0 Å². The van der Waals surface area contributed by atoms with Crippen molar-refractivity contribution in [3.8, 4) is 0 Å². The molecule has 1 aromatic heterocycles. The molecule has 1 aromatic rings. The van der Waals surface area contributed by atoms with Gasteiger partial charge in [0.05, 0.1) is 4.92 Å². The van der Waals surface area contributed by atoms with Crippen LogP contribution in [0.5, 0.6) is 0 Å². The van der Waals surface area contributed by atoms with Gasteiger partial charge in [0.15, 0.2) is 0 Å². The Morgan fingerprint density at radius 1 is 1.33 bits per heavy atom. The molecule has 7 nitrogen and oxygen atoms in total. The van der Waals surface area contributed by atoms with Crippen LogP contribution in [0.1, 0.15) is 25.0 Å². The standard InChI is InChI=1S/C13H20ClN5O2/c1-9-10(19(20)21)11(16-12(14)15-9)18(4)8-13(17(2)3)6-5-7-13/h5-8H2,1-4H3. The molecule has 8 heteroatoms. The normalized spacial score (nSPS) is 16.7. The summed E-state index contributed by atoms with van der Waals surface area (Å²) in [5.74, 6) is 0.283. The zero-order chi connectivity index (χ0) is 15.8. The summed E-state index contributed by atoms with van der Waals surface area (Å²) in [7, 11) is 5.90. The molecule has 21 heavy (non-hydrogen) atoms. The molecule has 0 aromatic carbocycles. The Kier molecular flexibility index (Phi) is 4.34. The van der Waals surface area contributed by atoms with E-state index in [1.807, 2.05) is 26.0 Å². The zero-order valence-corrected chi connectivity index (χ0v) is 13.5. The fraction of sp³-hybridized carbons (Fsp3) is 0.692. The Labute approximate surface area is 129 Å². The molecule has 0 atom stereocenters. The van der Waals surface area contributed by atoms with Gasteiger partial charge in [-0.3, -0.25) is 10.1 Å². The third-order valence-corrected chi connectivity index (χ3v) is 4.49. The maximum absolute atomic E-state index is 11.3. The van der Waals surface area contributed by atoms with Gasteiger partial charge in [-0.2, -0.15) is 4.98 Å². The molecule has 1 aliphatic rings. The largest absolute Gasteiger partial charge is 0.352 e. The third kappa shape index (κ3) is 2.94. The zero-order valence-electron chi connectivity index (χ0n) is 12.8. The molecule has 1 heterocycles. The second-order valence-electron chi connectivity index (χ2n) is 5.84. The van der Waals surface area contributed by atoms with Gasteiger partial charge in [-0.05, 0) is 51.9 Å². The van der Waals surface area contributed by atoms with Gasteiger partial charge < -0.3 is 9.80 Å². The number of nitro groups is 1. The molecule has 0 amide bonds. The number of nitrogens with zero attached hydrogens (tertiary/aromatic N) is 5. The highest BCUT2D eigenvalue weighted by Crippen LogP contribution is 2.38. The predicted octanol–water partition coefficient (Wildman–Crippen LogP) is 2.27. The number of anilines is 1. The molecule has 2 rings (SSSR count). The van der Waals surface area contributed by atoms with Crippen molar-refractivity contribution in [2.45, 2.75) is 31.7 Å². The van der Waals surface area contributed by atoms with Gasteiger partial charge >= 0.3 is 5.69 Å². The van der Waals surface area contributed by atoms with Crippen molar-refractivity contribution in [2.75, 3.05) is 32.6 Å². The number of rotatable bonds is 5. The van der Waals surface area contributed by atoms with Crippen LogP contribution in [-0.2, 0) is 0 Å². The van der Waals surface area contributed by atoms with Crippen molar-refractivity contribution in [3.63, 3.8) is 0 Å². The Hall–Kier alpha value is -1.47. The summed E-state index contributed by atoms with van der Waals surface area (Å²) in [5.41, 5.74) is 0.262. The van der Waals surface area contributed by atoms with E-state index in [1.54, 1.807) is 6.92 Å². The summed E-state index contributed by atoms with van der Waals surface area (Å²) in [4.78, 5) is 22.8. The van der Waals surface area contributed by atoms with E-state index in [9.17, 15) is 10.1 Å². The van der Waals surface area contributed by atoms with Gasteiger partial charge in [0.1, 0.15) is 5.69 Å². The summed E-state index contributed by atoms with van der Waals surface area (Å²) < 4.78 is 0. The Morgan fingerprint density at radius 3 is 2.38 bits per heavy atom. The van der Waals surface area contributed by atoms with Crippen LogP contribution in [0.3, 0.4) is 0 Å². The van der Waals surface area contributed by atoms with E-state index >= 15 is 0 Å². The average Bonchev–Trinajstić information content (AvgIpc) is 2.31. The molecular formula is C13H20ClN5O2. The minimum absolute atomic E-state index is 0.0347. The molecular weight excluding hydrogens is 294 g/mol. The highest BCUT2D eigenvalue weighted by Gasteiger charge is 2.41. The van der Waals surface area contributed by atoms with E-state index in [0.29, 0.717) is 6.54 Å². The predicted molar refractivity (Wildman–Crippen MR) is 82.0 cm³/mol. The molecule has 1 aliphatic carbocycles. The van der Waals surface area contributed by atoms with Gasteiger partial charge in [0, 0.05) is 19.1 Å². The molecule has 0 aliphatic heterocycles. The van der Waals surface area contributed by atoms with Gasteiger partial charge in [-0.25, -0.2) is 4.98 Å². The Bertz CT molecular complexity index is 560. The first-order valence-electron chi connectivity index (χ1n) is 6.84. The topological polar surface area (TPSA) is 75.4 Å². The van der Waals surface area contributed by atoms with Crippen molar-refractivity contribution >= 4 is 23.1 Å². The molecule has 1 saturated carbocycles. The minimum Gasteiger partial charge on any atom is -0.352 e. The quantitative estimate of drug-likeness (QED) is 0.471. The van der Waals surface area contributed by atoms with E-state index in [1.165, 1.54) is 6.42 Å². The molecule has 0 N–H and O–H groups in total. The van der Waals surface area contributed by atoms with Crippen molar-refractivity contribution in [3.05, 3.63) is 21.1 Å². The lowest BCUT2D eigenvalue weighted by Crippen LogP contribution is -2.57. The molecule has 116 valence electrons. The van der Waals surface area contributed by atoms with E-state index in [0.717, 1.165) is 12.8 Å². The average molecular weight is 314 g/mol. The van der Waals surface area contributed by atoms with Gasteiger partial charge in [0.2, 0.25) is 11.1 Å². The number of halogens is 1. The smallest absolute Gasteiger partial charge is 0.332 e. The second kappa shape index (κ2) is 5.73. The summed E-state index contributed by atoms with van der Waals surface area (Å²) in [6, 6.07) is 0. The van der Waals surface area contributed by atoms with Crippen LogP contribution in [0.25, 0.3) is 0 Å². The van der Waals surface area contributed by atoms with Crippen molar-refractivity contribution in [1.82, 2.24) is 14.9 Å². The van der Waals surface area contributed by atoms with Crippen molar-refractivity contribution in [2.24, 2.45) is 0 Å². The van der Waals surface area contributed by atoms with Crippen molar-refractivity contribution < 1.29 is 4.92 Å². The number of aromatic nitrogens is 2. The van der Waals surface area contributed by atoms with Crippen molar-refractivity contribution in [1.29, 1.82) is 0 Å². The third-order valence-electron chi connectivity index (χ3n) is 4.32. The number of aryl methyl sites for hydroxylation is 1. The maximum Gasteiger partial charge on any atom is 0.332 e. The van der Waals surface area contributed by atoms with E-state index in [-0.39, 0.29) is 28.0 Å². The number of hydrogen-bond donors (Lipinski definition) is 0. The number of likely N-dealkylation sites (N-methyl/N-ethyl adjacent to an activating group) is 2. The SMILES string of the molecule is Cc1nc(Cl)nc(N(C)CC2(N(C)C)CCC2)c1[N+](=O)[O-]. The summed E-state index contributed by atoms with van der Waals surface area (Å²) >= 11 is 5.87. The number of hydrogen-bond acceptors (Lipinski definition) is 6. The van der Waals surface area contributed by atoms with Crippen LogP contribution in [0.2, 0.25) is 5.28 Å². The molecule has 0 unspecified atom stereocenters. The molecule has 1 fully saturated rings. The highest BCUT2D eigenvalue weighted by atomic mass is 35.5. The van der Waals surface area contributed by atoms with E-state index in [2.05, 4.69) is 14.9 Å². The maximum atomic E-state index is 11.3. The van der Waals surface area contributed by atoms with Crippen LogP contribution >= 0.6 is 11.6 Å². The minimum atomic E-state index is -0.444. The Morgan fingerprint density at radius 2 is 1.95 bits per heavy atom. The lowest BCUT2D eigenvalue weighted by Gasteiger charge is -2.49. The van der Waals surface area contributed by atoms with Gasteiger partial charge in [0.25, 0.3) is 0 Å². The summed E-state index contributed by atoms with van der Waals surface area (Å²) in [6.07, 6.45) is 3.34. The first kappa shape index (κ1) is 15.9. The molecule has 0 saturated heterocycles. The van der Waals surface area contributed by atoms with Crippen LogP contribution in [0, 0.1) is 17.0 Å². The molecule has 0 spiro atoms. The molecule has 0 bridgehead atoms. The monoisotopic (exact) mass is 313 g/mol. The van der Waals surface area contributed by atoms with Crippen LogP contribution < -0.4 is 4.90 Å². The molecule has 0 radical (unpaired) electrons. The Balaban J connectivity index is 2.35. The van der Waals surface area contributed by atoms with Crippen LogP contribution in [0.15, 0.2) is 0 Å². The highest BCUT2D eigenvalue weighted by molar-refractivity contribution is 6.28. The van der Waals surface area contributed by atoms with Crippen LogP contribution in [0.4, 0.5) is 11.5 Å². The van der Waals surface area contributed by atoms with Gasteiger partial charge in [-0.15, -0.1) is 0 Å². The fourth-order valence-electron chi connectivity index (χ4n) is 2.85. The van der Waals surface area contributed by atoms with E-state index in [4.69, 9.17) is 11.6 Å². The summed E-state index contributed by atoms with van der Waals surface area (Å²) in [6.45, 7) is 2.25. The van der Waals surface area contributed by atoms with E-state index < -0.39 is 4.92 Å². The van der Waals surface area contributed by atoms with Crippen LogP contribution in [-0.4, -0.2) is 53.0 Å². The first-order chi connectivity index (χ1) is 9.77. The summed E-state index contributed by atoms with van der Waals surface area (Å²) in [5, 5.41) is 11.3. The fourth-order valence-corrected chi connectivity index (χ4v) is 3.05. The second-order valence-corrected chi connectivity index (χ2v) is 6.17. The lowest BCUT2D eigenvalue weighted by atomic mass is 9.75. The first-order valence-corrected chi connectivity index (χ1v) is 7.22.